The molecule has 0 aliphatic heterocycles. The first-order valence-corrected chi connectivity index (χ1v) is 8.24. The maximum Gasteiger partial charge on any atom is 0.315 e. The number of hydrogen-bond donors (Lipinski definition) is 3. The van der Waals surface area contributed by atoms with Crippen LogP contribution in [0.5, 0.6) is 0 Å². The molecule has 1 aliphatic rings. The number of hydrogen-bond acceptors (Lipinski definition) is 2. The molecule has 22 heavy (non-hydrogen) atoms. The van der Waals surface area contributed by atoms with Crippen LogP contribution in [0.25, 0.3) is 0 Å². The standard InChI is InChI=1S/C18H28N2O2/c1-14(12-21)15(2)20-17(22)19-13-18(9-6-10-18)11-16-7-4-3-5-8-16/h3-5,7-8,14-15,21H,6,9-13H2,1-2H3,(H2,19,20,22). The molecule has 0 saturated heterocycles. The van der Waals surface area contributed by atoms with Crippen LogP contribution in [0.1, 0.15) is 38.7 Å². The predicted molar refractivity (Wildman–Crippen MR) is 88.7 cm³/mol. The third kappa shape index (κ3) is 4.47. The Morgan fingerprint density at radius 3 is 2.50 bits per heavy atom. The molecule has 122 valence electrons. The van der Waals surface area contributed by atoms with Crippen LogP contribution in [-0.4, -0.2) is 30.3 Å². The van der Waals surface area contributed by atoms with Crippen molar-refractivity contribution in [1.82, 2.24) is 10.6 Å². The van der Waals surface area contributed by atoms with Crippen molar-refractivity contribution in [1.29, 1.82) is 0 Å². The molecule has 4 nitrogen and oxygen atoms in total. The average molecular weight is 304 g/mol. The summed E-state index contributed by atoms with van der Waals surface area (Å²) in [6.07, 6.45) is 4.61. The highest BCUT2D eigenvalue weighted by molar-refractivity contribution is 5.74. The van der Waals surface area contributed by atoms with Gasteiger partial charge in [0.1, 0.15) is 0 Å². The first-order chi connectivity index (χ1) is 10.5. The van der Waals surface area contributed by atoms with Crippen molar-refractivity contribution in [2.24, 2.45) is 11.3 Å². The Hall–Kier alpha value is -1.55. The molecule has 2 atom stereocenters. The molecule has 2 amide bonds. The Morgan fingerprint density at radius 2 is 1.95 bits per heavy atom. The number of urea groups is 1. The first-order valence-electron chi connectivity index (χ1n) is 8.24. The average Bonchev–Trinajstić information content (AvgIpc) is 2.49. The minimum Gasteiger partial charge on any atom is -0.396 e. The summed E-state index contributed by atoms with van der Waals surface area (Å²) < 4.78 is 0. The molecule has 1 fully saturated rings. The lowest BCUT2D eigenvalue weighted by Gasteiger charge is -2.42. The fourth-order valence-electron chi connectivity index (χ4n) is 2.95. The zero-order valence-electron chi connectivity index (χ0n) is 13.6. The normalized spacial score (nSPS) is 18.9. The van der Waals surface area contributed by atoms with E-state index in [1.54, 1.807) is 0 Å². The van der Waals surface area contributed by atoms with Crippen LogP contribution in [0, 0.1) is 11.3 Å². The second-order valence-electron chi connectivity index (χ2n) is 6.79. The Balaban J connectivity index is 1.82. The summed E-state index contributed by atoms with van der Waals surface area (Å²) in [5, 5.41) is 15.0. The van der Waals surface area contributed by atoms with E-state index in [0.717, 1.165) is 6.42 Å². The lowest BCUT2D eigenvalue weighted by Crippen LogP contribution is -2.49. The highest BCUT2D eigenvalue weighted by Gasteiger charge is 2.37. The number of carbonyl (C=O) groups is 1. The minimum atomic E-state index is -0.132. The lowest BCUT2D eigenvalue weighted by atomic mass is 9.65. The maximum absolute atomic E-state index is 12.0. The predicted octanol–water partition coefficient (Wildman–Crippen LogP) is 2.72. The molecule has 0 heterocycles. The van der Waals surface area contributed by atoms with Crippen LogP contribution in [0.4, 0.5) is 4.79 Å². The van der Waals surface area contributed by atoms with E-state index in [2.05, 4.69) is 34.9 Å². The van der Waals surface area contributed by atoms with Gasteiger partial charge in [-0.2, -0.15) is 0 Å². The summed E-state index contributed by atoms with van der Waals surface area (Å²) in [7, 11) is 0. The van der Waals surface area contributed by atoms with E-state index in [1.807, 2.05) is 19.9 Å². The number of nitrogens with one attached hydrogen (secondary N) is 2. The number of aliphatic hydroxyl groups is 1. The van der Waals surface area contributed by atoms with E-state index in [1.165, 1.54) is 24.8 Å². The number of rotatable bonds is 7. The lowest BCUT2D eigenvalue weighted by molar-refractivity contribution is 0.130. The molecule has 2 unspecified atom stereocenters. The molecule has 0 bridgehead atoms. The van der Waals surface area contributed by atoms with Gasteiger partial charge in [-0.3, -0.25) is 0 Å². The Morgan fingerprint density at radius 1 is 1.27 bits per heavy atom. The summed E-state index contributed by atoms with van der Waals surface area (Å²) in [6, 6.07) is 10.3. The van der Waals surface area contributed by atoms with Gasteiger partial charge in [-0.25, -0.2) is 4.79 Å². The van der Waals surface area contributed by atoms with Gasteiger partial charge in [0.2, 0.25) is 0 Å². The van der Waals surface area contributed by atoms with E-state index in [0.29, 0.717) is 6.54 Å². The molecule has 4 heteroatoms. The van der Waals surface area contributed by atoms with E-state index in [4.69, 9.17) is 5.11 Å². The molecule has 1 saturated carbocycles. The third-order valence-corrected chi connectivity index (χ3v) is 4.96. The van der Waals surface area contributed by atoms with Crippen LogP contribution in [0.2, 0.25) is 0 Å². The Kier molecular flexibility index (Phi) is 5.83. The van der Waals surface area contributed by atoms with Crippen molar-refractivity contribution < 1.29 is 9.90 Å². The maximum atomic E-state index is 12.0. The summed E-state index contributed by atoms with van der Waals surface area (Å²) in [5.41, 5.74) is 1.55. The number of benzene rings is 1. The Bertz CT molecular complexity index is 471. The molecular formula is C18H28N2O2. The monoisotopic (exact) mass is 304 g/mol. The van der Waals surface area contributed by atoms with Crippen molar-refractivity contribution in [3.63, 3.8) is 0 Å². The topological polar surface area (TPSA) is 61.4 Å². The smallest absolute Gasteiger partial charge is 0.315 e. The molecular weight excluding hydrogens is 276 g/mol. The van der Waals surface area contributed by atoms with Gasteiger partial charge in [0.25, 0.3) is 0 Å². The van der Waals surface area contributed by atoms with Crippen LogP contribution in [0.3, 0.4) is 0 Å². The highest BCUT2D eigenvalue weighted by Crippen LogP contribution is 2.43. The third-order valence-electron chi connectivity index (χ3n) is 4.96. The van der Waals surface area contributed by atoms with Crippen molar-refractivity contribution in [3.05, 3.63) is 35.9 Å². The zero-order chi connectivity index (χ0) is 16.0. The van der Waals surface area contributed by atoms with Crippen molar-refractivity contribution in [2.75, 3.05) is 13.2 Å². The van der Waals surface area contributed by atoms with Crippen LogP contribution >= 0.6 is 0 Å². The summed E-state index contributed by atoms with van der Waals surface area (Å²) in [5.74, 6) is 0.0627. The summed E-state index contributed by atoms with van der Waals surface area (Å²) in [6.45, 7) is 4.64. The molecule has 0 aromatic heterocycles. The van der Waals surface area contributed by atoms with Gasteiger partial charge < -0.3 is 15.7 Å². The zero-order valence-corrected chi connectivity index (χ0v) is 13.6. The van der Waals surface area contributed by atoms with Gasteiger partial charge >= 0.3 is 6.03 Å². The van der Waals surface area contributed by atoms with Crippen molar-refractivity contribution >= 4 is 6.03 Å². The summed E-state index contributed by atoms with van der Waals surface area (Å²) in [4.78, 5) is 12.0. The summed E-state index contributed by atoms with van der Waals surface area (Å²) >= 11 is 0. The molecule has 0 radical (unpaired) electrons. The van der Waals surface area contributed by atoms with Gasteiger partial charge in [0, 0.05) is 19.2 Å². The molecule has 2 rings (SSSR count). The highest BCUT2D eigenvalue weighted by atomic mass is 16.3. The van der Waals surface area contributed by atoms with Gasteiger partial charge in [-0.05, 0) is 43.1 Å². The molecule has 1 aromatic rings. The SMILES string of the molecule is CC(CO)C(C)NC(=O)NCC1(Cc2ccccc2)CCC1. The quantitative estimate of drug-likeness (QED) is 0.725. The van der Waals surface area contributed by atoms with E-state index < -0.39 is 0 Å². The van der Waals surface area contributed by atoms with Gasteiger partial charge in [-0.15, -0.1) is 0 Å². The fourth-order valence-corrected chi connectivity index (χ4v) is 2.95. The largest absolute Gasteiger partial charge is 0.396 e. The van der Waals surface area contributed by atoms with Crippen LogP contribution in [0.15, 0.2) is 30.3 Å². The van der Waals surface area contributed by atoms with Crippen LogP contribution < -0.4 is 10.6 Å². The Labute approximate surface area is 133 Å². The fraction of sp³-hybridized carbons (Fsp3) is 0.611. The minimum absolute atomic E-state index is 0.0311. The molecule has 3 N–H and O–H groups in total. The van der Waals surface area contributed by atoms with Crippen molar-refractivity contribution in [2.45, 2.75) is 45.6 Å². The van der Waals surface area contributed by atoms with Gasteiger partial charge in [0.15, 0.2) is 0 Å². The number of amides is 2. The molecule has 0 spiro atoms. The molecule has 1 aromatic carbocycles. The van der Waals surface area contributed by atoms with Gasteiger partial charge in [-0.1, -0.05) is 43.7 Å². The van der Waals surface area contributed by atoms with E-state index in [9.17, 15) is 4.79 Å². The van der Waals surface area contributed by atoms with Gasteiger partial charge in [0.05, 0.1) is 0 Å². The van der Waals surface area contributed by atoms with Crippen molar-refractivity contribution in [3.8, 4) is 0 Å². The second-order valence-corrected chi connectivity index (χ2v) is 6.79. The second kappa shape index (κ2) is 7.63. The van der Waals surface area contributed by atoms with E-state index in [-0.39, 0.29) is 30.0 Å². The molecule has 1 aliphatic carbocycles. The van der Waals surface area contributed by atoms with E-state index >= 15 is 0 Å². The number of aliphatic hydroxyl groups excluding tert-OH is 1. The number of carbonyl (C=O) groups excluding carboxylic acids is 1. The van der Waals surface area contributed by atoms with Crippen LogP contribution in [-0.2, 0) is 6.42 Å². The first kappa shape index (κ1) is 16.8.